The zero-order chi connectivity index (χ0) is 18.5. The molecule has 0 saturated carbocycles. The molecule has 0 spiro atoms. The summed E-state index contributed by atoms with van der Waals surface area (Å²) in [7, 11) is 1.68. The van der Waals surface area contributed by atoms with Crippen LogP contribution in [0.2, 0.25) is 0 Å². The topological polar surface area (TPSA) is 62.2 Å². The van der Waals surface area contributed by atoms with E-state index in [9.17, 15) is 9.59 Å². The van der Waals surface area contributed by atoms with E-state index in [2.05, 4.69) is 32.5 Å². The average Bonchev–Trinajstić information content (AvgIpc) is 2.60. The lowest BCUT2D eigenvalue weighted by atomic mass is 10.1. The Morgan fingerprint density at radius 2 is 1.96 bits per heavy atom. The molecule has 1 unspecified atom stereocenters. The minimum atomic E-state index is -0.364. The van der Waals surface area contributed by atoms with Crippen LogP contribution < -0.4 is 0 Å². The molecule has 134 valence electrons. The van der Waals surface area contributed by atoms with Crippen molar-refractivity contribution < 1.29 is 14.3 Å². The minimum absolute atomic E-state index is 0.0106. The van der Waals surface area contributed by atoms with Gasteiger partial charge in [0.15, 0.2) is 0 Å². The van der Waals surface area contributed by atoms with Gasteiger partial charge in [0.05, 0.1) is 18.0 Å². The number of aryl methyl sites for hydroxylation is 1. The predicted octanol–water partition coefficient (Wildman–Crippen LogP) is 3.60. The van der Waals surface area contributed by atoms with E-state index >= 15 is 0 Å². The first kappa shape index (κ1) is 22.3. The lowest BCUT2D eigenvalue weighted by Crippen LogP contribution is -2.41. The number of amides is 2. The number of halogens is 1. The first-order valence-electron chi connectivity index (χ1n) is 7.56. The second kappa shape index (κ2) is 12.7. The Hall–Kier alpha value is -1.73. The second-order valence-corrected chi connectivity index (χ2v) is 5.44. The van der Waals surface area contributed by atoms with Crippen LogP contribution in [-0.2, 0) is 9.53 Å². The Bertz CT molecular complexity index is 506. The Morgan fingerprint density at radius 1 is 1.42 bits per heavy atom. The highest BCUT2D eigenvalue weighted by Gasteiger charge is 2.24. The van der Waals surface area contributed by atoms with E-state index in [1.807, 2.05) is 45.0 Å². The summed E-state index contributed by atoms with van der Waals surface area (Å²) in [5.41, 5.74) is 2.36. The number of alkyl halides is 1. The number of hydrogen-bond donors (Lipinski definition) is 0. The van der Waals surface area contributed by atoms with Crippen LogP contribution >= 0.6 is 15.9 Å². The Morgan fingerprint density at radius 3 is 2.33 bits per heavy atom. The van der Waals surface area contributed by atoms with Gasteiger partial charge in [0.25, 0.3) is 0 Å². The summed E-state index contributed by atoms with van der Waals surface area (Å²) in [6.45, 7) is 10.1. The summed E-state index contributed by atoms with van der Waals surface area (Å²) in [5, 5.41) is 5.07. The quantitative estimate of drug-likeness (QED) is 0.231. The molecule has 0 N–H and O–H groups in total. The van der Waals surface area contributed by atoms with Gasteiger partial charge in [-0.1, -0.05) is 45.8 Å². The van der Waals surface area contributed by atoms with E-state index in [-0.39, 0.29) is 24.1 Å². The van der Waals surface area contributed by atoms with Gasteiger partial charge < -0.3 is 14.4 Å². The molecule has 1 rings (SSSR count). The van der Waals surface area contributed by atoms with Crippen LogP contribution in [-0.4, -0.2) is 54.7 Å². The molecule has 0 aromatic heterocycles. The average molecular weight is 400 g/mol. The third-order valence-electron chi connectivity index (χ3n) is 3.27. The van der Waals surface area contributed by atoms with Gasteiger partial charge in [0, 0.05) is 20.4 Å². The maximum atomic E-state index is 12.3. The number of carbonyl (C=O) groups is 2. The van der Waals surface area contributed by atoms with Gasteiger partial charge in [-0.25, -0.2) is 9.80 Å². The molecule has 24 heavy (non-hydrogen) atoms. The summed E-state index contributed by atoms with van der Waals surface area (Å²) in [6.07, 6.45) is 0.678. The monoisotopic (exact) mass is 399 g/mol. The Balaban J connectivity index is 0.00000118. The highest BCUT2D eigenvalue weighted by molar-refractivity contribution is 9.09. The van der Waals surface area contributed by atoms with Crippen molar-refractivity contribution in [2.24, 2.45) is 5.10 Å². The van der Waals surface area contributed by atoms with Crippen molar-refractivity contribution in [2.75, 3.05) is 25.7 Å². The van der Waals surface area contributed by atoms with Gasteiger partial charge in [0.1, 0.15) is 6.29 Å². The van der Waals surface area contributed by atoms with Gasteiger partial charge in [-0.2, -0.15) is 5.10 Å². The second-order valence-electron chi connectivity index (χ2n) is 4.94. The maximum absolute atomic E-state index is 12.3. The molecule has 6 nitrogen and oxygen atoms in total. The number of hydrazone groups is 1. The molecular formula is C17H26BrN3O3. The third kappa shape index (κ3) is 7.23. The number of aldehydes is 1. The fourth-order valence-corrected chi connectivity index (χ4v) is 2.17. The largest absolute Gasteiger partial charge is 0.385 e. The summed E-state index contributed by atoms with van der Waals surface area (Å²) in [6, 6.07) is 7.23. The molecule has 1 aromatic carbocycles. The predicted molar refractivity (Wildman–Crippen MR) is 100 cm³/mol. The van der Waals surface area contributed by atoms with Crippen LogP contribution in [0.5, 0.6) is 0 Å². The van der Waals surface area contributed by atoms with Gasteiger partial charge in [-0.15, -0.1) is 0 Å². The molecule has 0 saturated heterocycles. The number of carbonyl (C=O) groups excluding carboxylic acids is 2. The molecule has 0 aliphatic heterocycles. The van der Waals surface area contributed by atoms with Gasteiger partial charge in [-0.05, 0) is 26.3 Å². The van der Waals surface area contributed by atoms with E-state index < -0.39 is 0 Å². The van der Waals surface area contributed by atoms with Crippen molar-refractivity contribution in [1.29, 1.82) is 0 Å². The summed E-state index contributed by atoms with van der Waals surface area (Å²) in [5.74, 6) is 0. The highest BCUT2D eigenvalue weighted by atomic mass is 79.9. The number of hydrogen-bond acceptors (Lipinski definition) is 4. The molecule has 0 bridgehead atoms. The van der Waals surface area contributed by atoms with E-state index in [1.54, 1.807) is 7.11 Å². The summed E-state index contributed by atoms with van der Waals surface area (Å²) >= 11 is 3.19. The molecular weight excluding hydrogens is 374 g/mol. The van der Waals surface area contributed by atoms with Crippen molar-refractivity contribution >= 4 is 35.0 Å². The standard InChI is InChI=1S/C14H18BrN3O2.C3H8O/c1-11-4-6-13(7-5-11)12(2)18(16-3)14(20)17(10-15)8-9-19;1-3-4-2/h4-7,9,12H,3,8,10H2,1-2H3;3H2,1-2H3. The lowest BCUT2D eigenvalue weighted by Gasteiger charge is -2.29. The molecule has 7 heteroatoms. The molecule has 0 aliphatic rings. The number of urea groups is 1. The van der Waals surface area contributed by atoms with Gasteiger partial charge >= 0.3 is 6.03 Å². The number of ether oxygens (including phenoxy) is 1. The molecule has 1 atom stereocenters. The molecule has 0 aliphatic carbocycles. The van der Waals surface area contributed by atoms with E-state index in [1.165, 1.54) is 9.91 Å². The third-order valence-corrected chi connectivity index (χ3v) is 3.88. The van der Waals surface area contributed by atoms with Crippen LogP contribution in [0.4, 0.5) is 4.79 Å². The normalized spacial score (nSPS) is 10.9. The first-order chi connectivity index (χ1) is 11.5. The molecule has 0 heterocycles. The molecule has 2 amide bonds. The van der Waals surface area contributed by atoms with E-state index in [0.29, 0.717) is 6.29 Å². The fourth-order valence-electron chi connectivity index (χ4n) is 1.75. The van der Waals surface area contributed by atoms with Crippen LogP contribution in [0.1, 0.15) is 31.0 Å². The fraction of sp³-hybridized carbons (Fsp3) is 0.471. The molecule has 1 aromatic rings. The van der Waals surface area contributed by atoms with E-state index in [0.717, 1.165) is 17.7 Å². The van der Waals surface area contributed by atoms with Crippen molar-refractivity contribution in [2.45, 2.75) is 26.8 Å². The zero-order valence-electron chi connectivity index (χ0n) is 14.7. The van der Waals surface area contributed by atoms with Crippen molar-refractivity contribution in [1.82, 2.24) is 9.91 Å². The smallest absolute Gasteiger partial charge is 0.342 e. The van der Waals surface area contributed by atoms with Crippen LogP contribution in [0.15, 0.2) is 29.4 Å². The van der Waals surface area contributed by atoms with Crippen LogP contribution in [0.3, 0.4) is 0 Å². The first-order valence-corrected chi connectivity index (χ1v) is 8.68. The minimum Gasteiger partial charge on any atom is -0.385 e. The molecule has 0 fully saturated rings. The van der Waals surface area contributed by atoms with Crippen molar-refractivity contribution in [3.63, 3.8) is 0 Å². The SMILES string of the molecule is C=NN(C(=O)N(CBr)CC=O)C(C)c1ccc(C)cc1.CCOC. The Labute approximate surface area is 152 Å². The maximum Gasteiger partial charge on any atom is 0.342 e. The summed E-state index contributed by atoms with van der Waals surface area (Å²) < 4.78 is 4.54. The number of rotatable bonds is 7. The number of benzene rings is 1. The number of nitrogens with zero attached hydrogens (tertiary/aromatic N) is 3. The highest BCUT2D eigenvalue weighted by Crippen LogP contribution is 2.22. The van der Waals surface area contributed by atoms with Gasteiger partial charge in [-0.3, -0.25) is 0 Å². The van der Waals surface area contributed by atoms with Crippen LogP contribution in [0.25, 0.3) is 0 Å². The zero-order valence-corrected chi connectivity index (χ0v) is 16.3. The lowest BCUT2D eigenvalue weighted by molar-refractivity contribution is -0.108. The van der Waals surface area contributed by atoms with Gasteiger partial charge in [0.2, 0.25) is 0 Å². The Kier molecular flexibility index (Phi) is 11.8. The van der Waals surface area contributed by atoms with E-state index in [4.69, 9.17) is 0 Å². The van der Waals surface area contributed by atoms with Crippen molar-refractivity contribution in [3.05, 3.63) is 35.4 Å². The summed E-state index contributed by atoms with van der Waals surface area (Å²) in [4.78, 5) is 24.2. The van der Waals surface area contributed by atoms with Crippen LogP contribution in [0, 0.1) is 6.92 Å². The molecule has 0 radical (unpaired) electrons. The van der Waals surface area contributed by atoms with Crippen molar-refractivity contribution in [3.8, 4) is 0 Å². The number of methoxy groups -OCH3 is 1.